The van der Waals surface area contributed by atoms with Gasteiger partial charge in [0.1, 0.15) is 0 Å². The van der Waals surface area contributed by atoms with Gasteiger partial charge in [0.15, 0.2) is 0 Å². The Morgan fingerprint density at radius 2 is 1.71 bits per heavy atom. The van der Waals surface area contributed by atoms with E-state index in [9.17, 15) is 4.79 Å². The Morgan fingerprint density at radius 3 is 1.71 bits per heavy atom. The molecule has 0 spiro atoms. The van der Waals surface area contributed by atoms with Crippen LogP contribution in [0.2, 0.25) is 0 Å². The number of carboxylic acid groups (broad SMARTS) is 1. The molecule has 47 valence electrons. The van der Waals surface area contributed by atoms with E-state index < -0.39 is 6.09 Å². The molecule has 6 heteroatoms. The van der Waals surface area contributed by atoms with Gasteiger partial charge in [-0.05, 0) is 25.6 Å². The van der Waals surface area contributed by atoms with Gasteiger partial charge in [-0.3, -0.25) is 0 Å². The molecule has 0 fully saturated rings. The molecule has 0 aliphatic carbocycles. The molecule has 0 saturated carbocycles. The molecule has 7 heavy (non-hydrogen) atoms. The predicted molar refractivity (Wildman–Crippen MR) is 27.8 cm³/mol. The van der Waals surface area contributed by atoms with Crippen molar-refractivity contribution in [1.82, 2.24) is 3.71 Å². The first-order valence-electron chi connectivity index (χ1n) is 1.05. The van der Waals surface area contributed by atoms with Crippen molar-refractivity contribution in [3.05, 3.63) is 0 Å². The molecule has 1 amide bonds. The number of nitrogens with zero attached hydrogens (tertiary/aromatic N) is 1. The van der Waals surface area contributed by atoms with Gasteiger partial charge in [0.05, 0.1) is 0 Å². The van der Waals surface area contributed by atoms with E-state index in [1.807, 2.05) is 0 Å². The van der Waals surface area contributed by atoms with Crippen molar-refractivity contribution >= 4 is 31.7 Å². The molecule has 0 aromatic rings. The fourth-order valence-electron chi connectivity index (χ4n) is 0. The third-order valence-corrected chi connectivity index (χ3v) is 0.513. The van der Waals surface area contributed by atoms with Crippen molar-refractivity contribution in [3.63, 3.8) is 0 Å². The summed E-state index contributed by atoms with van der Waals surface area (Å²) in [5, 5.41) is 7.76. The van der Waals surface area contributed by atoms with Gasteiger partial charge in [0.2, 0.25) is 0 Å². The van der Waals surface area contributed by atoms with Crippen LogP contribution in [0.5, 0.6) is 0 Å². The van der Waals surface area contributed by atoms with Crippen LogP contribution in [0.1, 0.15) is 0 Å². The number of hydrogen-bond donors (Lipinski definition) is 3. The molecule has 0 aromatic carbocycles. The van der Waals surface area contributed by atoms with Crippen molar-refractivity contribution in [3.8, 4) is 0 Å². The van der Waals surface area contributed by atoms with Crippen molar-refractivity contribution in [2.45, 2.75) is 0 Å². The minimum atomic E-state index is -1.18. The minimum absolute atomic E-state index is 0. The largest absolute Gasteiger partial charge is 0.464 e. The summed E-state index contributed by atoms with van der Waals surface area (Å²) in [6, 6.07) is 0. The molecule has 0 aromatic heterocycles. The van der Waals surface area contributed by atoms with Crippen molar-refractivity contribution in [1.29, 1.82) is 0 Å². The molecule has 0 aliphatic rings. The second-order valence-electron chi connectivity index (χ2n) is 0.572. The van der Waals surface area contributed by atoms with E-state index in [4.69, 9.17) is 5.11 Å². The summed E-state index contributed by atoms with van der Waals surface area (Å²) in [7, 11) is 0. The Kier molecular flexibility index (Phi) is 7.39. The summed E-state index contributed by atoms with van der Waals surface area (Å²) < 4.78 is 0.472. The standard InChI is InChI=1S/CH3NO2S2.Ag/c3-1(4)2(5)6;/h5-6H,(H,3,4);. The van der Waals surface area contributed by atoms with Crippen molar-refractivity contribution in [2.24, 2.45) is 0 Å². The molecule has 3 nitrogen and oxygen atoms in total. The van der Waals surface area contributed by atoms with E-state index in [2.05, 4.69) is 25.6 Å². The maximum Gasteiger partial charge on any atom is 0.427 e. The van der Waals surface area contributed by atoms with Gasteiger partial charge < -0.3 is 5.11 Å². The molecule has 0 bridgehead atoms. The number of carbonyl (C=O) groups is 1. The zero-order valence-corrected chi connectivity index (χ0v) is 6.27. The van der Waals surface area contributed by atoms with Crippen LogP contribution in [0.15, 0.2) is 0 Å². The van der Waals surface area contributed by atoms with Gasteiger partial charge in [-0.15, -0.1) is 0 Å². The van der Waals surface area contributed by atoms with Crippen LogP contribution < -0.4 is 0 Å². The van der Waals surface area contributed by atoms with E-state index >= 15 is 0 Å². The first-order valence-corrected chi connectivity index (χ1v) is 1.85. The Hall–Kier alpha value is 0.710. The van der Waals surface area contributed by atoms with Crippen LogP contribution in [-0.2, 0) is 22.4 Å². The van der Waals surface area contributed by atoms with Gasteiger partial charge in [-0.25, -0.2) is 4.79 Å². The zero-order chi connectivity index (χ0) is 5.15. The van der Waals surface area contributed by atoms with Gasteiger partial charge in [0.25, 0.3) is 0 Å². The maximum absolute atomic E-state index is 9.47. The molecule has 0 unspecified atom stereocenters. The quantitative estimate of drug-likeness (QED) is 0.424. The monoisotopic (exact) mass is 232 g/mol. The van der Waals surface area contributed by atoms with E-state index in [1.54, 1.807) is 0 Å². The average molecular weight is 233 g/mol. The van der Waals surface area contributed by atoms with Gasteiger partial charge in [0, 0.05) is 22.4 Å². The third-order valence-electron chi connectivity index (χ3n) is 0.171. The smallest absolute Gasteiger partial charge is 0.427 e. The molecular weight excluding hydrogens is 230 g/mol. The summed E-state index contributed by atoms with van der Waals surface area (Å²) in [5.41, 5.74) is 0. The minimum Gasteiger partial charge on any atom is -0.464 e. The first kappa shape index (κ1) is 10.6. The Morgan fingerprint density at radius 1 is 1.57 bits per heavy atom. The Bertz CT molecular complexity index is 66.7. The van der Waals surface area contributed by atoms with Crippen LogP contribution in [0.25, 0.3) is 0 Å². The van der Waals surface area contributed by atoms with Crippen molar-refractivity contribution < 1.29 is 32.3 Å². The summed E-state index contributed by atoms with van der Waals surface area (Å²) in [4.78, 5) is 9.47. The second kappa shape index (κ2) is 4.86. The van der Waals surface area contributed by atoms with Crippen LogP contribution in [0.3, 0.4) is 0 Å². The van der Waals surface area contributed by atoms with Gasteiger partial charge >= 0.3 is 6.09 Å². The van der Waals surface area contributed by atoms with Gasteiger partial charge in [-0.2, -0.15) is 3.71 Å². The zero-order valence-electron chi connectivity index (χ0n) is 3.00. The van der Waals surface area contributed by atoms with E-state index in [0.29, 0.717) is 3.71 Å². The van der Waals surface area contributed by atoms with Crippen molar-refractivity contribution in [2.75, 3.05) is 0 Å². The summed E-state index contributed by atoms with van der Waals surface area (Å²) in [5.74, 6) is 0. The predicted octanol–water partition coefficient (Wildman–Crippen LogP) is 0.653. The average Bonchev–Trinajstić information content (AvgIpc) is 1.36. The molecule has 0 heterocycles. The Labute approximate surface area is 67.7 Å². The molecular formula is CH3AgNO2S2. The first-order chi connectivity index (χ1) is 2.64. The molecule has 0 saturated heterocycles. The number of thiol groups is 2. The SMILES string of the molecule is O=C(O)N(S)S.[Ag]. The van der Waals surface area contributed by atoms with Gasteiger partial charge in [-0.1, -0.05) is 0 Å². The summed E-state index contributed by atoms with van der Waals surface area (Å²) in [6.07, 6.45) is -1.18. The third kappa shape index (κ3) is 6.71. The summed E-state index contributed by atoms with van der Waals surface area (Å²) in [6.45, 7) is 0. The van der Waals surface area contributed by atoms with Crippen LogP contribution in [0, 0.1) is 0 Å². The number of hydrogen-bond acceptors (Lipinski definition) is 3. The maximum atomic E-state index is 9.47. The number of amides is 1. The second-order valence-corrected chi connectivity index (χ2v) is 1.69. The fourth-order valence-corrected chi connectivity index (χ4v) is 0. The molecule has 1 radical (unpaired) electrons. The molecule has 0 aliphatic heterocycles. The van der Waals surface area contributed by atoms with E-state index in [0.717, 1.165) is 0 Å². The van der Waals surface area contributed by atoms with Crippen LogP contribution in [0.4, 0.5) is 4.79 Å². The molecule has 1 N–H and O–H groups in total. The van der Waals surface area contributed by atoms with E-state index in [1.165, 1.54) is 0 Å². The molecule has 0 rings (SSSR count). The normalized spacial score (nSPS) is 6.57. The number of rotatable bonds is 0. The topological polar surface area (TPSA) is 40.5 Å². The van der Waals surface area contributed by atoms with Crippen LogP contribution >= 0.6 is 25.6 Å². The fraction of sp³-hybridized carbons (Fsp3) is 0. The molecule has 0 atom stereocenters. The Balaban J connectivity index is 0. The van der Waals surface area contributed by atoms with E-state index in [-0.39, 0.29) is 22.4 Å². The summed E-state index contributed by atoms with van der Waals surface area (Å²) >= 11 is 6.58. The van der Waals surface area contributed by atoms with Crippen LogP contribution in [-0.4, -0.2) is 14.9 Å².